The molecular formula is C14H17F3N2O. The molecule has 1 fully saturated rings. The molecule has 0 saturated carbocycles. The zero-order valence-corrected chi connectivity index (χ0v) is 11.0. The standard InChI is InChI=1S/C14H17F3N2O/c15-14(16,17)10-1-2-11-12(7-10)19-9-13(8-18-11)3-5-20-6-4-13/h1-2,7,18-19H,3-6,8-9H2. The van der Waals surface area contributed by atoms with Crippen molar-refractivity contribution in [2.45, 2.75) is 19.0 Å². The van der Waals surface area contributed by atoms with Gasteiger partial charge in [-0.15, -0.1) is 0 Å². The minimum absolute atomic E-state index is 0.0651. The van der Waals surface area contributed by atoms with Gasteiger partial charge in [-0.05, 0) is 31.0 Å². The number of halogens is 3. The summed E-state index contributed by atoms with van der Waals surface area (Å²) in [5, 5.41) is 6.46. The van der Waals surface area contributed by atoms with Crippen LogP contribution in [0.5, 0.6) is 0 Å². The van der Waals surface area contributed by atoms with Crippen LogP contribution in [-0.2, 0) is 10.9 Å². The Morgan fingerprint density at radius 2 is 1.65 bits per heavy atom. The first-order chi connectivity index (χ1) is 9.49. The van der Waals surface area contributed by atoms with E-state index < -0.39 is 11.7 Å². The fraction of sp³-hybridized carbons (Fsp3) is 0.571. The van der Waals surface area contributed by atoms with Gasteiger partial charge in [0.2, 0.25) is 0 Å². The third-order valence-electron chi connectivity index (χ3n) is 4.21. The Bertz CT molecular complexity index is 496. The van der Waals surface area contributed by atoms with Crippen LogP contribution in [0.25, 0.3) is 0 Å². The summed E-state index contributed by atoms with van der Waals surface area (Å²) in [4.78, 5) is 0. The molecule has 2 heterocycles. The quantitative estimate of drug-likeness (QED) is 0.767. The number of anilines is 2. The van der Waals surface area contributed by atoms with E-state index in [2.05, 4.69) is 10.6 Å². The lowest BCUT2D eigenvalue weighted by Crippen LogP contribution is -2.40. The molecule has 0 aliphatic carbocycles. The second-order valence-electron chi connectivity index (χ2n) is 5.58. The smallest absolute Gasteiger partial charge is 0.383 e. The Kier molecular flexibility index (Phi) is 3.28. The Balaban J connectivity index is 1.83. The van der Waals surface area contributed by atoms with Crippen LogP contribution in [-0.4, -0.2) is 26.3 Å². The molecule has 0 aromatic heterocycles. The highest BCUT2D eigenvalue weighted by molar-refractivity contribution is 5.71. The maximum Gasteiger partial charge on any atom is 0.416 e. The number of alkyl halides is 3. The van der Waals surface area contributed by atoms with Crippen molar-refractivity contribution >= 4 is 11.4 Å². The zero-order chi connectivity index (χ0) is 14.2. The summed E-state index contributed by atoms with van der Waals surface area (Å²) in [5.41, 5.74) is 0.716. The van der Waals surface area contributed by atoms with Gasteiger partial charge in [0.25, 0.3) is 0 Å². The van der Waals surface area contributed by atoms with Crippen LogP contribution in [0.3, 0.4) is 0 Å². The highest BCUT2D eigenvalue weighted by Gasteiger charge is 2.36. The van der Waals surface area contributed by atoms with Gasteiger partial charge < -0.3 is 15.4 Å². The van der Waals surface area contributed by atoms with E-state index in [1.54, 1.807) is 0 Å². The van der Waals surface area contributed by atoms with Crippen molar-refractivity contribution in [3.63, 3.8) is 0 Å². The van der Waals surface area contributed by atoms with Crippen molar-refractivity contribution < 1.29 is 17.9 Å². The van der Waals surface area contributed by atoms with Crippen molar-refractivity contribution in [2.75, 3.05) is 36.9 Å². The number of nitrogens with one attached hydrogen (secondary N) is 2. The number of fused-ring (bicyclic) bond motifs is 1. The number of benzene rings is 1. The van der Waals surface area contributed by atoms with E-state index in [4.69, 9.17) is 4.74 Å². The molecule has 0 bridgehead atoms. The summed E-state index contributed by atoms with van der Waals surface area (Å²) in [6.07, 6.45) is -2.46. The maximum atomic E-state index is 12.7. The van der Waals surface area contributed by atoms with Crippen LogP contribution in [0.4, 0.5) is 24.5 Å². The van der Waals surface area contributed by atoms with Crippen molar-refractivity contribution in [1.29, 1.82) is 0 Å². The van der Waals surface area contributed by atoms with Gasteiger partial charge in [0, 0.05) is 31.7 Å². The third kappa shape index (κ3) is 2.57. The first-order valence-corrected chi connectivity index (χ1v) is 6.75. The van der Waals surface area contributed by atoms with Crippen LogP contribution >= 0.6 is 0 Å². The van der Waals surface area contributed by atoms with Gasteiger partial charge in [-0.25, -0.2) is 0 Å². The molecule has 1 aromatic rings. The molecule has 20 heavy (non-hydrogen) atoms. The molecule has 0 amide bonds. The second kappa shape index (κ2) is 4.84. The lowest BCUT2D eigenvalue weighted by molar-refractivity contribution is -0.137. The minimum atomic E-state index is -4.31. The Labute approximate surface area is 115 Å². The fourth-order valence-electron chi connectivity index (χ4n) is 2.81. The van der Waals surface area contributed by atoms with Crippen LogP contribution in [0.2, 0.25) is 0 Å². The highest BCUT2D eigenvalue weighted by Crippen LogP contribution is 2.38. The summed E-state index contributed by atoms with van der Waals surface area (Å²) in [7, 11) is 0. The molecule has 0 radical (unpaired) electrons. The molecule has 0 unspecified atom stereocenters. The molecule has 2 aliphatic rings. The van der Waals surface area contributed by atoms with Crippen molar-refractivity contribution in [2.24, 2.45) is 5.41 Å². The average Bonchev–Trinajstić information content (AvgIpc) is 2.59. The molecule has 0 atom stereocenters. The maximum absolute atomic E-state index is 12.7. The predicted octanol–water partition coefficient (Wildman–Crippen LogP) is 3.34. The molecule has 6 heteroatoms. The van der Waals surface area contributed by atoms with Crippen molar-refractivity contribution in [3.8, 4) is 0 Å². The number of hydrogen-bond donors (Lipinski definition) is 2. The average molecular weight is 286 g/mol. The van der Waals surface area contributed by atoms with Gasteiger partial charge in [0.15, 0.2) is 0 Å². The van der Waals surface area contributed by atoms with E-state index >= 15 is 0 Å². The minimum Gasteiger partial charge on any atom is -0.383 e. The topological polar surface area (TPSA) is 33.3 Å². The SMILES string of the molecule is FC(F)(F)c1ccc2c(c1)NCC1(CCOCC1)CN2. The monoisotopic (exact) mass is 286 g/mol. The summed E-state index contributed by atoms with van der Waals surface area (Å²) < 4.78 is 43.6. The summed E-state index contributed by atoms with van der Waals surface area (Å²) in [5.74, 6) is 0. The van der Waals surface area contributed by atoms with Crippen LogP contribution in [0, 0.1) is 5.41 Å². The van der Waals surface area contributed by atoms with E-state index in [-0.39, 0.29) is 5.41 Å². The van der Waals surface area contributed by atoms with Crippen molar-refractivity contribution in [3.05, 3.63) is 23.8 Å². The normalized spacial score (nSPS) is 21.6. The predicted molar refractivity (Wildman–Crippen MR) is 70.9 cm³/mol. The van der Waals surface area contributed by atoms with E-state index in [1.807, 2.05) is 0 Å². The Morgan fingerprint density at radius 1 is 1.00 bits per heavy atom. The first-order valence-electron chi connectivity index (χ1n) is 6.75. The lowest BCUT2D eigenvalue weighted by atomic mass is 9.80. The number of hydrogen-bond acceptors (Lipinski definition) is 3. The largest absolute Gasteiger partial charge is 0.416 e. The molecule has 3 rings (SSSR count). The highest BCUT2D eigenvalue weighted by atomic mass is 19.4. The molecule has 2 aliphatic heterocycles. The van der Waals surface area contributed by atoms with Crippen molar-refractivity contribution in [1.82, 2.24) is 0 Å². The van der Waals surface area contributed by atoms with Gasteiger partial charge in [0.1, 0.15) is 0 Å². The second-order valence-corrected chi connectivity index (χ2v) is 5.58. The fourth-order valence-corrected chi connectivity index (χ4v) is 2.81. The van der Waals surface area contributed by atoms with Crippen LogP contribution in [0.1, 0.15) is 18.4 Å². The third-order valence-corrected chi connectivity index (χ3v) is 4.21. The molecular weight excluding hydrogens is 269 g/mol. The number of rotatable bonds is 0. The molecule has 1 aromatic carbocycles. The molecule has 2 N–H and O–H groups in total. The molecule has 1 spiro atoms. The van der Waals surface area contributed by atoms with Gasteiger partial charge in [-0.3, -0.25) is 0 Å². The van der Waals surface area contributed by atoms with Crippen LogP contribution in [0.15, 0.2) is 18.2 Å². The Hall–Kier alpha value is -1.43. The van der Waals surface area contributed by atoms with Gasteiger partial charge >= 0.3 is 6.18 Å². The first kappa shape index (κ1) is 13.5. The summed E-state index contributed by atoms with van der Waals surface area (Å²) >= 11 is 0. The molecule has 1 saturated heterocycles. The molecule has 3 nitrogen and oxygen atoms in total. The van der Waals surface area contributed by atoms with Gasteiger partial charge in [-0.1, -0.05) is 0 Å². The lowest BCUT2D eigenvalue weighted by Gasteiger charge is -2.36. The van der Waals surface area contributed by atoms with E-state index in [1.165, 1.54) is 12.1 Å². The van der Waals surface area contributed by atoms with E-state index in [0.29, 0.717) is 25.4 Å². The van der Waals surface area contributed by atoms with Gasteiger partial charge in [0.05, 0.1) is 16.9 Å². The van der Waals surface area contributed by atoms with E-state index in [9.17, 15) is 13.2 Å². The summed E-state index contributed by atoms with van der Waals surface area (Å²) in [6.45, 7) is 2.88. The number of ether oxygens (including phenoxy) is 1. The summed E-state index contributed by atoms with van der Waals surface area (Å²) in [6, 6.07) is 3.81. The molecule has 110 valence electrons. The van der Waals surface area contributed by atoms with Crippen LogP contribution < -0.4 is 10.6 Å². The Morgan fingerprint density at radius 3 is 2.30 bits per heavy atom. The van der Waals surface area contributed by atoms with Gasteiger partial charge in [-0.2, -0.15) is 13.2 Å². The van der Waals surface area contributed by atoms with E-state index in [0.717, 1.165) is 31.1 Å². The zero-order valence-electron chi connectivity index (χ0n) is 11.0.